The van der Waals surface area contributed by atoms with Gasteiger partial charge in [0.05, 0.1) is 16.1 Å². The van der Waals surface area contributed by atoms with Crippen molar-refractivity contribution in [2.24, 2.45) is 0 Å². The van der Waals surface area contributed by atoms with E-state index in [0.717, 1.165) is 5.56 Å². The summed E-state index contributed by atoms with van der Waals surface area (Å²) in [7, 11) is -4.33. The van der Waals surface area contributed by atoms with E-state index in [9.17, 15) is 39.2 Å². The van der Waals surface area contributed by atoms with Gasteiger partial charge in [0.2, 0.25) is 0 Å². The summed E-state index contributed by atoms with van der Waals surface area (Å²) in [6, 6.07) is 5.91. The summed E-state index contributed by atoms with van der Waals surface area (Å²) < 4.78 is 125. The Morgan fingerprint density at radius 2 is 1.38 bits per heavy atom. The number of ether oxygens (including phenoxy) is 1. The summed E-state index contributed by atoms with van der Waals surface area (Å²) >= 11 is 0. The second kappa shape index (κ2) is 8.34. The van der Waals surface area contributed by atoms with Crippen LogP contribution in [0, 0.1) is 30.2 Å². The van der Waals surface area contributed by atoms with Crippen LogP contribution in [0.4, 0.5) is 36.4 Å². The van der Waals surface area contributed by atoms with Crippen LogP contribution in [-0.4, -0.2) is 8.42 Å². The van der Waals surface area contributed by atoms with Gasteiger partial charge >= 0.3 is 6.18 Å². The van der Waals surface area contributed by atoms with E-state index >= 15 is 0 Å². The number of halogens is 7. The quantitative estimate of drug-likeness (QED) is 0.446. The highest BCUT2D eigenvalue weighted by molar-refractivity contribution is 7.92. The van der Waals surface area contributed by atoms with Crippen molar-refractivity contribution in [3.05, 3.63) is 82.9 Å². The molecule has 170 valence electrons. The van der Waals surface area contributed by atoms with Gasteiger partial charge in [-0.05, 0) is 31.2 Å². The third-order valence-corrected chi connectivity index (χ3v) is 5.52. The summed E-state index contributed by atoms with van der Waals surface area (Å²) in [6.45, 7) is 1.70. The minimum atomic E-state index is -5.05. The van der Waals surface area contributed by atoms with Crippen molar-refractivity contribution in [2.75, 3.05) is 4.72 Å². The van der Waals surface area contributed by atoms with Crippen LogP contribution in [0.2, 0.25) is 0 Å². The van der Waals surface area contributed by atoms with E-state index in [4.69, 9.17) is 0 Å². The van der Waals surface area contributed by atoms with E-state index in [0.29, 0.717) is 6.07 Å². The fraction of sp³-hybridized carbons (Fsp3) is 0.100. The van der Waals surface area contributed by atoms with Gasteiger partial charge in [-0.15, -0.1) is 0 Å². The monoisotopic (exact) mass is 479 g/mol. The molecule has 0 unspecified atom stereocenters. The largest absolute Gasteiger partial charge is 0.448 e. The van der Waals surface area contributed by atoms with Crippen molar-refractivity contribution in [3.63, 3.8) is 0 Å². The molecule has 1 N–H and O–H groups in total. The van der Waals surface area contributed by atoms with Crippen LogP contribution < -0.4 is 9.46 Å². The highest BCUT2D eigenvalue weighted by Crippen LogP contribution is 2.37. The molecule has 0 aromatic heterocycles. The van der Waals surface area contributed by atoms with Crippen molar-refractivity contribution in [1.29, 1.82) is 0 Å². The first kappa shape index (κ1) is 23.4. The fourth-order valence-corrected chi connectivity index (χ4v) is 3.60. The maximum atomic E-state index is 14.1. The predicted molar refractivity (Wildman–Crippen MR) is 99.8 cm³/mol. The van der Waals surface area contributed by atoms with E-state index < -0.39 is 62.2 Å². The van der Waals surface area contributed by atoms with Crippen molar-refractivity contribution >= 4 is 15.7 Å². The molecular formula is C20H12F7NO3S. The number of sulfonamides is 1. The molecule has 0 atom stereocenters. The number of benzene rings is 3. The molecule has 0 aliphatic heterocycles. The lowest BCUT2D eigenvalue weighted by molar-refractivity contribution is -0.138. The van der Waals surface area contributed by atoms with Gasteiger partial charge in [-0.2, -0.15) is 13.2 Å². The van der Waals surface area contributed by atoms with Crippen LogP contribution in [0.15, 0.2) is 53.4 Å². The minimum absolute atomic E-state index is 0.0686. The third kappa shape index (κ3) is 4.96. The highest BCUT2D eigenvalue weighted by atomic mass is 32.2. The predicted octanol–water partition coefficient (Wildman–Crippen LogP) is 6.16. The molecule has 3 aromatic rings. The molecule has 4 nitrogen and oxygen atoms in total. The van der Waals surface area contributed by atoms with Gasteiger partial charge in [-0.1, -0.05) is 17.7 Å². The molecule has 0 radical (unpaired) electrons. The normalized spacial score (nSPS) is 12.0. The molecular weight excluding hydrogens is 467 g/mol. The van der Waals surface area contributed by atoms with Crippen LogP contribution in [0.5, 0.6) is 11.5 Å². The van der Waals surface area contributed by atoms with Crippen molar-refractivity contribution in [2.45, 2.75) is 18.0 Å². The number of nitrogens with one attached hydrogen (secondary N) is 1. The number of hydrogen-bond donors (Lipinski definition) is 1. The highest BCUT2D eigenvalue weighted by Gasteiger charge is 2.33. The Morgan fingerprint density at radius 1 is 0.812 bits per heavy atom. The topological polar surface area (TPSA) is 55.4 Å². The van der Waals surface area contributed by atoms with Gasteiger partial charge in [0, 0.05) is 12.1 Å². The molecule has 0 saturated heterocycles. The first-order valence-corrected chi connectivity index (χ1v) is 10.1. The summed E-state index contributed by atoms with van der Waals surface area (Å²) in [5.74, 6) is -8.90. The Bertz CT molecular complexity index is 1250. The zero-order valence-electron chi connectivity index (χ0n) is 15.9. The summed E-state index contributed by atoms with van der Waals surface area (Å²) in [6.07, 6.45) is -5.05. The number of aryl methyl sites for hydroxylation is 1. The lowest BCUT2D eigenvalue weighted by Crippen LogP contribution is -2.14. The lowest BCUT2D eigenvalue weighted by atomic mass is 10.2. The molecule has 0 bridgehead atoms. The molecule has 32 heavy (non-hydrogen) atoms. The molecule has 0 saturated carbocycles. The van der Waals surface area contributed by atoms with E-state index in [-0.39, 0.29) is 23.1 Å². The molecule has 0 aliphatic rings. The smallest absolute Gasteiger partial charge is 0.416 e. The molecule has 0 fully saturated rings. The van der Waals surface area contributed by atoms with Crippen LogP contribution in [0.3, 0.4) is 0 Å². The average Bonchev–Trinajstić information content (AvgIpc) is 2.67. The lowest BCUT2D eigenvalue weighted by Gasteiger charge is -2.14. The van der Waals surface area contributed by atoms with Crippen LogP contribution in [-0.2, 0) is 16.2 Å². The van der Waals surface area contributed by atoms with E-state index in [1.807, 2.05) is 4.72 Å². The zero-order valence-corrected chi connectivity index (χ0v) is 16.7. The molecule has 3 aromatic carbocycles. The third-order valence-electron chi connectivity index (χ3n) is 4.13. The molecule has 0 spiro atoms. The first-order valence-electron chi connectivity index (χ1n) is 8.60. The Labute approximate surface area is 177 Å². The standard InChI is InChI=1S/C20H12F7NO3S/c1-10-2-4-12(5-3-10)32(29,30)28-17-9-18(14(22)8-13(17)21)31-19-15(23)6-11(7-16(19)24)20(25,26)27/h2-9,28H,1H3. The van der Waals surface area contributed by atoms with Crippen molar-refractivity contribution < 1.29 is 43.9 Å². The Balaban J connectivity index is 1.97. The first-order chi connectivity index (χ1) is 14.8. The number of rotatable bonds is 5. The van der Waals surface area contributed by atoms with Gasteiger partial charge in [0.1, 0.15) is 5.82 Å². The molecule has 3 rings (SSSR count). The van der Waals surface area contributed by atoms with Crippen molar-refractivity contribution in [3.8, 4) is 11.5 Å². The maximum Gasteiger partial charge on any atom is 0.416 e. The van der Waals surface area contributed by atoms with Crippen molar-refractivity contribution in [1.82, 2.24) is 0 Å². The van der Waals surface area contributed by atoms with E-state index in [1.54, 1.807) is 6.92 Å². The average molecular weight is 479 g/mol. The van der Waals surface area contributed by atoms with Gasteiger partial charge in [-0.25, -0.2) is 26.0 Å². The van der Waals surface area contributed by atoms with Gasteiger partial charge in [0.25, 0.3) is 10.0 Å². The second-order valence-corrected chi connectivity index (χ2v) is 8.23. The number of hydrogen-bond acceptors (Lipinski definition) is 3. The summed E-state index contributed by atoms with van der Waals surface area (Å²) in [4.78, 5) is -0.255. The van der Waals surface area contributed by atoms with E-state index in [1.165, 1.54) is 24.3 Å². The SMILES string of the molecule is Cc1ccc(S(=O)(=O)Nc2cc(Oc3c(F)cc(C(F)(F)F)cc3F)c(F)cc2F)cc1. The van der Waals surface area contributed by atoms with Crippen LogP contribution >= 0.6 is 0 Å². The fourth-order valence-electron chi connectivity index (χ4n) is 2.54. The number of alkyl halides is 3. The number of anilines is 1. The van der Waals surface area contributed by atoms with Crippen LogP contribution in [0.1, 0.15) is 11.1 Å². The van der Waals surface area contributed by atoms with Gasteiger partial charge < -0.3 is 4.74 Å². The Hall–Kier alpha value is -3.28. The van der Waals surface area contributed by atoms with Gasteiger partial charge in [0.15, 0.2) is 29.0 Å². The maximum absolute atomic E-state index is 14.1. The minimum Gasteiger partial charge on any atom is -0.448 e. The second-order valence-electron chi connectivity index (χ2n) is 6.55. The summed E-state index contributed by atoms with van der Waals surface area (Å²) in [5.41, 5.74) is -1.73. The molecule has 0 aliphatic carbocycles. The van der Waals surface area contributed by atoms with Gasteiger partial charge in [-0.3, -0.25) is 4.72 Å². The molecule has 0 heterocycles. The molecule has 12 heteroatoms. The zero-order chi connectivity index (χ0) is 23.8. The van der Waals surface area contributed by atoms with E-state index in [2.05, 4.69) is 4.74 Å². The summed E-state index contributed by atoms with van der Waals surface area (Å²) in [5, 5.41) is 0. The Kier molecular flexibility index (Phi) is 6.09. The molecule has 0 amide bonds. The Morgan fingerprint density at radius 3 is 1.91 bits per heavy atom. The van der Waals surface area contributed by atoms with Crippen LogP contribution in [0.25, 0.3) is 0 Å².